The first kappa shape index (κ1) is 17.2. The number of nitrogens with one attached hydrogen (secondary N) is 1. The van der Waals surface area contributed by atoms with Gasteiger partial charge in [0.2, 0.25) is 0 Å². The number of nitrogens with zero attached hydrogens (tertiary/aromatic N) is 1. The third kappa shape index (κ3) is 7.47. The van der Waals surface area contributed by atoms with E-state index in [4.69, 9.17) is 15.7 Å². The maximum atomic E-state index is 9.41. The largest absolute Gasteiger partial charge is 0.409 e. The average molecular weight is 261 g/mol. The SMILES string of the molecule is COCC(O)CCNCCCC(C)(C)C(N)=NO. The van der Waals surface area contributed by atoms with Gasteiger partial charge in [0.15, 0.2) is 0 Å². The minimum atomic E-state index is -0.406. The van der Waals surface area contributed by atoms with E-state index in [-0.39, 0.29) is 11.3 Å². The predicted molar refractivity (Wildman–Crippen MR) is 71.8 cm³/mol. The number of hydrogen-bond donors (Lipinski definition) is 4. The second-order valence-electron chi connectivity index (χ2n) is 5.12. The van der Waals surface area contributed by atoms with Crippen molar-refractivity contribution in [3.8, 4) is 0 Å². The highest BCUT2D eigenvalue weighted by Gasteiger charge is 2.22. The highest BCUT2D eigenvalue weighted by atomic mass is 16.5. The smallest absolute Gasteiger partial charge is 0.144 e. The summed E-state index contributed by atoms with van der Waals surface area (Å²) in [7, 11) is 1.58. The molecule has 0 saturated heterocycles. The molecule has 0 saturated carbocycles. The Morgan fingerprint density at radius 3 is 2.67 bits per heavy atom. The molecule has 0 radical (unpaired) electrons. The molecule has 0 aliphatic rings. The van der Waals surface area contributed by atoms with Crippen molar-refractivity contribution in [2.24, 2.45) is 16.3 Å². The van der Waals surface area contributed by atoms with Crippen molar-refractivity contribution in [3.05, 3.63) is 0 Å². The Bertz CT molecular complexity index is 245. The standard InChI is InChI=1S/C12H27N3O3/c1-12(2,11(13)15-17)6-4-7-14-8-5-10(16)9-18-3/h10,14,16-17H,4-9H2,1-3H3,(H2,13,15). The molecule has 0 amide bonds. The lowest BCUT2D eigenvalue weighted by Gasteiger charge is -2.22. The number of rotatable bonds is 10. The molecule has 6 nitrogen and oxygen atoms in total. The maximum Gasteiger partial charge on any atom is 0.144 e. The molecule has 5 N–H and O–H groups in total. The van der Waals surface area contributed by atoms with Gasteiger partial charge in [0.05, 0.1) is 12.7 Å². The third-order valence-electron chi connectivity index (χ3n) is 2.97. The van der Waals surface area contributed by atoms with E-state index < -0.39 is 6.10 Å². The van der Waals surface area contributed by atoms with E-state index in [1.807, 2.05) is 13.8 Å². The van der Waals surface area contributed by atoms with Gasteiger partial charge in [-0.3, -0.25) is 0 Å². The van der Waals surface area contributed by atoms with E-state index in [1.165, 1.54) is 0 Å². The van der Waals surface area contributed by atoms with Gasteiger partial charge in [-0.2, -0.15) is 0 Å². The molecule has 0 fully saturated rings. The second kappa shape index (κ2) is 9.13. The molecule has 1 atom stereocenters. The fourth-order valence-electron chi connectivity index (χ4n) is 1.59. The van der Waals surface area contributed by atoms with E-state index in [1.54, 1.807) is 7.11 Å². The van der Waals surface area contributed by atoms with E-state index in [0.717, 1.165) is 25.9 Å². The molecule has 18 heavy (non-hydrogen) atoms. The van der Waals surface area contributed by atoms with Crippen molar-refractivity contribution < 1.29 is 15.1 Å². The van der Waals surface area contributed by atoms with Gasteiger partial charge in [0, 0.05) is 12.5 Å². The molecule has 0 heterocycles. The van der Waals surface area contributed by atoms with Crippen LogP contribution in [0.3, 0.4) is 0 Å². The number of aliphatic hydroxyl groups is 1. The molecule has 0 aromatic rings. The van der Waals surface area contributed by atoms with Crippen LogP contribution < -0.4 is 11.1 Å². The highest BCUT2D eigenvalue weighted by Crippen LogP contribution is 2.21. The molecule has 0 aromatic heterocycles. The van der Waals surface area contributed by atoms with Crippen molar-refractivity contribution in [2.75, 3.05) is 26.8 Å². The zero-order valence-electron chi connectivity index (χ0n) is 11.6. The molecule has 0 aromatic carbocycles. The van der Waals surface area contributed by atoms with Crippen LogP contribution in [0.15, 0.2) is 5.16 Å². The number of nitrogens with two attached hydrogens (primary N) is 1. The zero-order valence-corrected chi connectivity index (χ0v) is 11.6. The summed E-state index contributed by atoms with van der Waals surface area (Å²) in [5.74, 6) is 0.262. The summed E-state index contributed by atoms with van der Waals surface area (Å²) in [6.07, 6.45) is 2.05. The average Bonchev–Trinajstić information content (AvgIpc) is 2.32. The lowest BCUT2D eigenvalue weighted by atomic mass is 9.86. The molecule has 1 unspecified atom stereocenters. The first-order valence-electron chi connectivity index (χ1n) is 6.29. The monoisotopic (exact) mass is 261 g/mol. The van der Waals surface area contributed by atoms with Crippen molar-refractivity contribution >= 4 is 5.84 Å². The molecule has 0 spiro atoms. The fraction of sp³-hybridized carbons (Fsp3) is 0.917. The van der Waals surface area contributed by atoms with Gasteiger partial charge in [0.25, 0.3) is 0 Å². The third-order valence-corrected chi connectivity index (χ3v) is 2.97. The predicted octanol–water partition coefficient (Wildman–Crippen LogP) is 0.526. The van der Waals surface area contributed by atoms with Crippen LogP contribution in [0.5, 0.6) is 0 Å². The number of amidine groups is 1. The number of oxime groups is 1. The van der Waals surface area contributed by atoms with Gasteiger partial charge >= 0.3 is 0 Å². The minimum Gasteiger partial charge on any atom is -0.409 e. The molecule has 0 aliphatic heterocycles. The maximum absolute atomic E-state index is 9.41. The summed E-state index contributed by atoms with van der Waals surface area (Å²) in [4.78, 5) is 0. The minimum absolute atomic E-state index is 0.262. The number of methoxy groups -OCH3 is 1. The van der Waals surface area contributed by atoms with Gasteiger partial charge in [-0.15, -0.1) is 0 Å². The Kier molecular flexibility index (Phi) is 8.70. The first-order valence-corrected chi connectivity index (χ1v) is 6.29. The van der Waals surface area contributed by atoms with E-state index in [9.17, 15) is 5.11 Å². The molecular weight excluding hydrogens is 234 g/mol. The molecule has 0 aliphatic carbocycles. The normalized spacial score (nSPS) is 14.8. The number of ether oxygens (including phenoxy) is 1. The lowest BCUT2D eigenvalue weighted by molar-refractivity contribution is 0.0594. The van der Waals surface area contributed by atoms with Gasteiger partial charge in [-0.05, 0) is 32.4 Å². The molecule has 0 rings (SSSR count). The molecule has 108 valence electrons. The Balaban J connectivity index is 3.57. The van der Waals surface area contributed by atoms with Crippen LogP contribution >= 0.6 is 0 Å². The Hall–Kier alpha value is -0.850. The topological polar surface area (TPSA) is 100 Å². The van der Waals surface area contributed by atoms with E-state index in [2.05, 4.69) is 10.5 Å². The first-order chi connectivity index (χ1) is 8.44. The Morgan fingerprint density at radius 2 is 2.11 bits per heavy atom. The van der Waals surface area contributed by atoms with Crippen LogP contribution in [0.4, 0.5) is 0 Å². The van der Waals surface area contributed by atoms with Crippen LogP contribution in [0.2, 0.25) is 0 Å². The van der Waals surface area contributed by atoms with Crippen LogP contribution in [-0.2, 0) is 4.74 Å². The van der Waals surface area contributed by atoms with Crippen LogP contribution in [0.1, 0.15) is 33.1 Å². The summed E-state index contributed by atoms with van der Waals surface area (Å²) < 4.78 is 4.84. The summed E-state index contributed by atoms with van der Waals surface area (Å²) >= 11 is 0. The van der Waals surface area contributed by atoms with Crippen LogP contribution in [-0.4, -0.2) is 49.1 Å². The summed E-state index contributed by atoms with van der Waals surface area (Å²) in [6, 6.07) is 0. The number of aliphatic hydroxyl groups excluding tert-OH is 1. The summed E-state index contributed by atoms with van der Waals surface area (Å²) in [6.45, 7) is 5.88. The highest BCUT2D eigenvalue weighted by molar-refractivity contribution is 5.85. The summed E-state index contributed by atoms with van der Waals surface area (Å²) in [5, 5.41) is 24.3. The Labute approximate surface area is 109 Å². The van der Waals surface area contributed by atoms with E-state index >= 15 is 0 Å². The van der Waals surface area contributed by atoms with Gasteiger partial charge in [-0.25, -0.2) is 0 Å². The van der Waals surface area contributed by atoms with E-state index in [0.29, 0.717) is 13.0 Å². The van der Waals surface area contributed by atoms with Gasteiger partial charge < -0.3 is 26.1 Å². The quantitative estimate of drug-likeness (QED) is 0.151. The van der Waals surface area contributed by atoms with Crippen molar-refractivity contribution in [1.29, 1.82) is 0 Å². The van der Waals surface area contributed by atoms with Crippen molar-refractivity contribution in [2.45, 2.75) is 39.2 Å². The number of hydrogen-bond acceptors (Lipinski definition) is 5. The molecule has 0 bridgehead atoms. The second-order valence-corrected chi connectivity index (χ2v) is 5.12. The molecule has 6 heteroatoms. The molecular formula is C12H27N3O3. The van der Waals surface area contributed by atoms with Crippen LogP contribution in [0.25, 0.3) is 0 Å². The summed E-state index contributed by atoms with van der Waals surface area (Å²) in [5.41, 5.74) is 5.31. The Morgan fingerprint density at radius 1 is 1.44 bits per heavy atom. The lowest BCUT2D eigenvalue weighted by Crippen LogP contribution is -2.33. The zero-order chi connectivity index (χ0) is 14.0. The fourth-order valence-corrected chi connectivity index (χ4v) is 1.59. The van der Waals surface area contributed by atoms with Gasteiger partial charge in [-0.1, -0.05) is 19.0 Å². The van der Waals surface area contributed by atoms with Crippen LogP contribution in [0, 0.1) is 5.41 Å². The van der Waals surface area contributed by atoms with Crippen molar-refractivity contribution in [3.63, 3.8) is 0 Å². The van der Waals surface area contributed by atoms with Crippen molar-refractivity contribution in [1.82, 2.24) is 5.32 Å². The van der Waals surface area contributed by atoms with Gasteiger partial charge in [0.1, 0.15) is 5.84 Å².